The predicted octanol–water partition coefficient (Wildman–Crippen LogP) is -0.374. The summed E-state index contributed by atoms with van der Waals surface area (Å²) in [6.07, 6.45) is -1.28. The fourth-order valence-corrected chi connectivity index (χ4v) is 1.46. The van der Waals surface area contributed by atoms with Crippen molar-refractivity contribution in [2.45, 2.75) is 39.2 Å². The minimum Gasteiger partial charge on any atom is -0.381 e. The van der Waals surface area contributed by atoms with Crippen molar-refractivity contribution in [1.29, 1.82) is 0 Å². The van der Waals surface area contributed by atoms with Crippen molar-refractivity contribution >= 4 is 17.5 Å². The SMILES string of the molecule is Cc1c(NN)nc(C(C)(C)C)nc1NCC(O)C(N)=O. The van der Waals surface area contributed by atoms with Crippen molar-refractivity contribution in [1.82, 2.24) is 9.97 Å². The number of nitrogens with one attached hydrogen (secondary N) is 2. The second-order valence-electron chi connectivity index (χ2n) is 5.56. The molecular weight excluding hydrogens is 260 g/mol. The number of aromatic nitrogens is 2. The molecule has 1 atom stereocenters. The number of aliphatic hydroxyl groups is 1. The Hall–Kier alpha value is -1.93. The topological polar surface area (TPSA) is 139 Å². The quantitative estimate of drug-likeness (QED) is 0.366. The van der Waals surface area contributed by atoms with E-state index in [1.165, 1.54) is 0 Å². The van der Waals surface area contributed by atoms with Crippen LogP contribution in [-0.4, -0.2) is 33.6 Å². The number of carbonyl (C=O) groups excluding carboxylic acids is 1. The highest BCUT2D eigenvalue weighted by atomic mass is 16.3. The molecule has 1 aromatic heterocycles. The van der Waals surface area contributed by atoms with E-state index < -0.39 is 12.0 Å². The molecule has 0 aliphatic carbocycles. The highest BCUT2D eigenvalue weighted by Gasteiger charge is 2.21. The standard InChI is InChI=1S/C12H22N6O2/c1-6-9(15-5-7(19)8(13)20)16-11(12(2,3)4)17-10(6)18-14/h7,19H,5,14H2,1-4H3,(H2,13,20)(H2,15,16,17,18). The van der Waals surface area contributed by atoms with Crippen LogP contribution in [0.5, 0.6) is 0 Å². The second kappa shape index (κ2) is 6.02. The summed E-state index contributed by atoms with van der Waals surface area (Å²) in [4.78, 5) is 19.6. The smallest absolute Gasteiger partial charge is 0.248 e. The van der Waals surface area contributed by atoms with Crippen LogP contribution in [0, 0.1) is 6.92 Å². The lowest BCUT2D eigenvalue weighted by molar-refractivity contribution is -0.125. The van der Waals surface area contributed by atoms with E-state index in [4.69, 9.17) is 11.6 Å². The number of hydrogen-bond acceptors (Lipinski definition) is 7. The van der Waals surface area contributed by atoms with Gasteiger partial charge in [0.1, 0.15) is 23.6 Å². The first-order valence-electron chi connectivity index (χ1n) is 6.23. The van der Waals surface area contributed by atoms with E-state index in [1.54, 1.807) is 6.92 Å². The summed E-state index contributed by atoms with van der Waals surface area (Å²) in [6, 6.07) is 0. The van der Waals surface area contributed by atoms with Crippen molar-refractivity contribution in [3.63, 3.8) is 0 Å². The molecule has 0 aliphatic heterocycles. The Labute approximate surface area is 117 Å². The van der Waals surface area contributed by atoms with Crippen LogP contribution in [0.1, 0.15) is 32.2 Å². The maximum absolute atomic E-state index is 10.8. The molecule has 1 unspecified atom stereocenters. The summed E-state index contributed by atoms with van der Waals surface area (Å²) in [7, 11) is 0. The van der Waals surface area contributed by atoms with Gasteiger partial charge in [0.25, 0.3) is 0 Å². The molecule has 0 spiro atoms. The predicted molar refractivity (Wildman–Crippen MR) is 77.0 cm³/mol. The molecule has 1 amide bonds. The van der Waals surface area contributed by atoms with Crippen molar-refractivity contribution in [3.05, 3.63) is 11.4 Å². The van der Waals surface area contributed by atoms with E-state index in [2.05, 4.69) is 20.7 Å². The summed E-state index contributed by atoms with van der Waals surface area (Å²) in [5.41, 5.74) is 7.94. The largest absolute Gasteiger partial charge is 0.381 e. The molecule has 1 aromatic rings. The van der Waals surface area contributed by atoms with Gasteiger partial charge in [-0.3, -0.25) is 4.79 Å². The number of anilines is 2. The molecule has 0 aromatic carbocycles. The Balaban J connectivity index is 3.08. The van der Waals surface area contributed by atoms with Crippen LogP contribution in [0.2, 0.25) is 0 Å². The highest BCUT2D eigenvalue weighted by molar-refractivity contribution is 5.79. The van der Waals surface area contributed by atoms with Gasteiger partial charge in [-0.15, -0.1) is 0 Å². The summed E-state index contributed by atoms with van der Waals surface area (Å²) >= 11 is 0. The zero-order chi connectivity index (χ0) is 15.5. The van der Waals surface area contributed by atoms with Crippen LogP contribution in [0.3, 0.4) is 0 Å². The summed E-state index contributed by atoms with van der Waals surface area (Å²) in [6.45, 7) is 7.67. The van der Waals surface area contributed by atoms with Gasteiger partial charge in [-0.25, -0.2) is 15.8 Å². The molecule has 20 heavy (non-hydrogen) atoms. The van der Waals surface area contributed by atoms with Crippen LogP contribution in [0.25, 0.3) is 0 Å². The molecular formula is C12H22N6O2. The van der Waals surface area contributed by atoms with E-state index in [1.807, 2.05) is 20.8 Å². The summed E-state index contributed by atoms with van der Waals surface area (Å²) in [5.74, 6) is 6.23. The maximum Gasteiger partial charge on any atom is 0.248 e. The summed E-state index contributed by atoms with van der Waals surface area (Å²) < 4.78 is 0. The third kappa shape index (κ3) is 3.78. The number of amides is 1. The van der Waals surface area contributed by atoms with Gasteiger partial charge in [0.05, 0.1) is 6.54 Å². The Kier molecular flexibility index (Phi) is 4.85. The molecule has 7 N–H and O–H groups in total. The van der Waals surface area contributed by atoms with Crippen molar-refractivity contribution < 1.29 is 9.90 Å². The Morgan fingerprint density at radius 3 is 2.35 bits per heavy atom. The molecule has 0 saturated carbocycles. The number of rotatable bonds is 5. The first-order valence-corrected chi connectivity index (χ1v) is 6.23. The second-order valence-corrected chi connectivity index (χ2v) is 5.56. The average Bonchev–Trinajstić information content (AvgIpc) is 2.35. The number of primary amides is 1. The third-order valence-electron chi connectivity index (χ3n) is 2.74. The lowest BCUT2D eigenvalue weighted by atomic mass is 9.95. The van der Waals surface area contributed by atoms with Crippen LogP contribution >= 0.6 is 0 Å². The van der Waals surface area contributed by atoms with E-state index in [-0.39, 0.29) is 12.0 Å². The lowest BCUT2D eigenvalue weighted by Gasteiger charge is -2.21. The van der Waals surface area contributed by atoms with Gasteiger partial charge < -0.3 is 21.6 Å². The van der Waals surface area contributed by atoms with Crippen molar-refractivity contribution in [2.75, 3.05) is 17.3 Å². The summed E-state index contributed by atoms with van der Waals surface area (Å²) in [5, 5.41) is 12.3. The normalized spacial score (nSPS) is 12.9. The number of nitrogens with two attached hydrogens (primary N) is 2. The Morgan fingerprint density at radius 1 is 1.35 bits per heavy atom. The van der Waals surface area contributed by atoms with Crippen LogP contribution < -0.4 is 22.3 Å². The zero-order valence-corrected chi connectivity index (χ0v) is 12.2. The Bertz CT molecular complexity index is 497. The zero-order valence-electron chi connectivity index (χ0n) is 12.2. The van der Waals surface area contributed by atoms with E-state index >= 15 is 0 Å². The number of nitrogen functional groups attached to an aromatic ring is 1. The van der Waals surface area contributed by atoms with E-state index in [0.717, 1.165) is 0 Å². The lowest BCUT2D eigenvalue weighted by Crippen LogP contribution is -2.34. The number of aliphatic hydroxyl groups excluding tert-OH is 1. The first kappa shape index (κ1) is 16.1. The van der Waals surface area contributed by atoms with Gasteiger partial charge in [-0.2, -0.15) is 0 Å². The van der Waals surface area contributed by atoms with Crippen molar-refractivity contribution in [3.8, 4) is 0 Å². The minimum atomic E-state index is -1.28. The molecule has 112 valence electrons. The first-order chi connectivity index (χ1) is 9.16. The fourth-order valence-electron chi connectivity index (χ4n) is 1.46. The number of hydrazine groups is 1. The molecule has 0 saturated heterocycles. The van der Waals surface area contributed by atoms with Crippen molar-refractivity contribution in [2.24, 2.45) is 11.6 Å². The molecule has 1 rings (SSSR count). The van der Waals surface area contributed by atoms with Gasteiger partial charge in [-0.1, -0.05) is 20.8 Å². The van der Waals surface area contributed by atoms with Gasteiger partial charge in [-0.05, 0) is 6.92 Å². The molecule has 0 fully saturated rings. The molecule has 1 heterocycles. The van der Waals surface area contributed by atoms with Gasteiger partial charge in [0.2, 0.25) is 5.91 Å². The average molecular weight is 282 g/mol. The maximum atomic E-state index is 10.8. The van der Waals surface area contributed by atoms with Gasteiger partial charge in [0, 0.05) is 11.0 Å². The Morgan fingerprint density at radius 2 is 1.90 bits per heavy atom. The van der Waals surface area contributed by atoms with Gasteiger partial charge >= 0.3 is 0 Å². The number of carbonyl (C=O) groups is 1. The molecule has 0 aliphatic rings. The molecule has 8 heteroatoms. The number of nitrogens with zero attached hydrogens (tertiary/aromatic N) is 2. The number of hydrogen-bond donors (Lipinski definition) is 5. The van der Waals surface area contributed by atoms with Crippen LogP contribution in [-0.2, 0) is 10.2 Å². The monoisotopic (exact) mass is 282 g/mol. The fraction of sp³-hybridized carbons (Fsp3) is 0.583. The van der Waals surface area contributed by atoms with E-state index in [9.17, 15) is 9.90 Å². The molecule has 8 nitrogen and oxygen atoms in total. The third-order valence-corrected chi connectivity index (χ3v) is 2.74. The highest BCUT2D eigenvalue weighted by Crippen LogP contribution is 2.25. The molecule has 0 bridgehead atoms. The van der Waals surface area contributed by atoms with E-state index in [0.29, 0.717) is 23.0 Å². The van der Waals surface area contributed by atoms with Crippen LogP contribution in [0.4, 0.5) is 11.6 Å². The molecule has 0 radical (unpaired) electrons. The minimum absolute atomic E-state index is 0.0270. The van der Waals surface area contributed by atoms with Gasteiger partial charge in [0.15, 0.2) is 0 Å². The van der Waals surface area contributed by atoms with Crippen LogP contribution in [0.15, 0.2) is 0 Å².